The first kappa shape index (κ1) is 28.3. The third kappa shape index (κ3) is 9.25. The van der Waals surface area contributed by atoms with Gasteiger partial charge >= 0.3 is 5.97 Å². The number of hydrogen-bond donors (Lipinski definition) is 2. The third-order valence-electron chi connectivity index (χ3n) is 6.33. The molecular formula is C31H36ClNO4. The maximum absolute atomic E-state index is 12.0. The van der Waals surface area contributed by atoms with Gasteiger partial charge in [0.15, 0.2) is 0 Å². The van der Waals surface area contributed by atoms with Crippen LogP contribution in [0, 0.1) is 13.8 Å². The van der Waals surface area contributed by atoms with Crippen LogP contribution in [0.2, 0.25) is 5.02 Å². The van der Waals surface area contributed by atoms with E-state index in [4.69, 9.17) is 21.4 Å². The molecule has 0 aromatic heterocycles. The number of rotatable bonds is 14. The molecule has 0 aliphatic rings. The number of carboxylic acid groups (broad SMARTS) is 1. The summed E-state index contributed by atoms with van der Waals surface area (Å²) < 4.78 is 6.14. The van der Waals surface area contributed by atoms with E-state index in [0.29, 0.717) is 5.56 Å². The molecule has 37 heavy (non-hydrogen) atoms. The molecule has 0 atom stereocenters. The Labute approximate surface area is 224 Å². The van der Waals surface area contributed by atoms with Gasteiger partial charge in [-0.1, -0.05) is 55.1 Å². The number of nitrogens with one attached hydrogen (secondary N) is 1. The van der Waals surface area contributed by atoms with E-state index in [9.17, 15) is 9.59 Å². The molecule has 3 aromatic rings. The number of benzene rings is 3. The third-order valence-corrected chi connectivity index (χ3v) is 6.59. The minimum atomic E-state index is -0.922. The molecule has 5 nitrogen and oxygen atoms in total. The number of unbranched alkanes of at least 4 members (excludes halogenated alkanes) is 4. The molecule has 2 N–H and O–H groups in total. The molecule has 196 valence electrons. The van der Waals surface area contributed by atoms with Crippen molar-refractivity contribution in [3.05, 3.63) is 87.9 Å². The molecule has 3 rings (SSSR count). The van der Waals surface area contributed by atoms with Gasteiger partial charge in [0, 0.05) is 17.1 Å². The largest absolute Gasteiger partial charge is 0.493 e. The first-order chi connectivity index (χ1) is 17.8. The molecule has 3 aromatic carbocycles. The number of carboxylic acids is 1. The number of aryl methyl sites for hydroxylation is 3. The lowest BCUT2D eigenvalue weighted by Gasteiger charge is -2.14. The molecule has 0 saturated heterocycles. The molecule has 0 fully saturated rings. The summed E-state index contributed by atoms with van der Waals surface area (Å²) in [6.45, 7) is 5.05. The number of ether oxygens (including phenoxy) is 1. The van der Waals surface area contributed by atoms with Crippen molar-refractivity contribution in [3.63, 3.8) is 0 Å². The fraction of sp³-hybridized carbons (Fsp3) is 0.355. The number of amides is 1. The maximum Gasteiger partial charge on any atom is 0.305 e. The molecule has 0 saturated carbocycles. The van der Waals surface area contributed by atoms with Gasteiger partial charge in [0.05, 0.1) is 13.0 Å². The molecule has 0 spiro atoms. The van der Waals surface area contributed by atoms with Gasteiger partial charge in [-0.3, -0.25) is 9.59 Å². The molecule has 0 bridgehead atoms. The van der Waals surface area contributed by atoms with Crippen molar-refractivity contribution in [3.8, 4) is 16.9 Å². The van der Waals surface area contributed by atoms with Gasteiger partial charge < -0.3 is 15.2 Å². The molecule has 0 aliphatic carbocycles. The van der Waals surface area contributed by atoms with Gasteiger partial charge in [-0.05, 0) is 97.3 Å². The fourth-order valence-corrected chi connectivity index (χ4v) is 4.46. The van der Waals surface area contributed by atoms with Crippen molar-refractivity contribution in [1.82, 2.24) is 5.32 Å². The molecule has 0 radical (unpaired) electrons. The SMILES string of the molecule is Cc1cc(-c2ccc(Cl)cc2)cc(C)c1OCCCCCCCc1ccc(C(=O)NCCC(=O)O)cc1. The monoisotopic (exact) mass is 521 g/mol. The topological polar surface area (TPSA) is 75.6 Å². The quantitative estimate of drug-likeness (QED) is 0.217. The van der Waals surface area contributed by atoms with Crippen molar-refractivity contribution in [2.45, 2.75) is 58.8 Å². The van der Waals surface area contributed by atoms with Crippen LogP contribution in [0.4, 0.5) is 0 Å². The molecule has 6 heteroatoms. The normalized spacial score (nSPS) is 10.8. The Hall–Kier alpha value is -3.31. The number of carbonyl (C=O) groups is 2. The van der Waals surface area contributed by atoms with E-state index in [-0.39, 0.29) is 18.9 Å². The summed E-state index contributed by atoms with van der Waals surface area (Å²) >= 11 is 6.01. The van der Waals surface area contributed by atoms with Crippen LogP contribution in [0.1, 0.15) is 65.6 Å². The summed E-state index contributed by atoms with van der Waals surface area (Å²) in [5.74, 6) is -0.177. The number of halogens is 1. The first-order valence-corrected chi connectivity index (χ1v) is 13.3. The number of carbonyl (C=O) groups excluding carboxylic acids is 1. The second-order valence-electron chi connectivity index (χ2n) is 9.41. The lowest BCUT2D eigenvalue weighted by molar-refractivity contribution is -0.136. The van der Waals surface area contributed by atoms with Gasteiger partial charge in [0.1, 0.15) is 5.75 Å². The lowest BCUT2D eigenvalue weighted by Crippen LogP contribution is -2.25. The van der Waals surface area contributed by atoms with Gasteiger partial charge in [-0.25, -0.2) is 0 Å². The average Bonchev–Trinajstić information content (AvgIpc) is 2.87. The predicted molar refractivity (Wildman–Crippen MR) is 150 cm³/mol. The Morgan fingerprint density at radius 3 is 2.11 bits per heavy atom. The van der Waals surface area contributed by atoms with E-state index in [0.717, 1.165) is 66.2 Å². The highest BCUT2D eigenvalue weighted by molar-refractivity contribution is 6.30. The fourth-order valence-electron chi connectivity index (χ4n) is 4.33. The molecular weight excluding hydrogens is 486 g/mol. The second-order valence-corrected chi connectivity index (χ2v) is 9.85. The highest BCUT2D eigenvalue weighted by Crippen LogP contribution is 2.31. The zero-order valence-electron chi connectivity index (χ0n) is 21.7. The molecule has 0 heterocycles. The van der Waals surface area contributed by atoms with Crippen molar-refractivity contribution < 1.29 is 19.4 Å². The van der Waals surface area contributed by atoms with Crippen LogP contribution in [0.5, 0.6) is 5.75 Å². The summed E-state index contributed by atoms with van der Waals surface area (Å²) in [5.41, 5.74) is 6.38. The number of hydrogen-bond acceptors (Lipinski definition) is 3. The van der Waals surface area contributed by atoms with E-state index >= 15 is 0 Å². The lowest BCUT2D eigenvalue weighted by atomic mass is 10.00. The smallest absolute Gasteiger partial charge is 0.305 e. The summed E-state index contributed by atoms with van der Waals surface area (Å²) in [6, 6.07) is 19.8. The zero-order chi connectivity index (χ0) is 26.6. The van der Waals surface area contributed by atoms with Crippen molar-refractivity contribution in [2.75, 3.05) is 13.2 Å². The van der Waals surface area contributed by atoms with Crippen LogP contribution in [0.15, 0.2) is 60.7 Å². The Morgan fingerprint density at radius 1 is 0.838 bits per heavy atom. The summed E-state index contributed by atoms with van der Waals surface area (Å²) in [4.78, 5) is 22.6. The van der Waals surface area contributed by atoms with E-state index in [2.05, 4.69) is 31.3 Å². The van der Waals surface area contributed by atoms with Crippen molar-refractivity contribution in [1.29, 1.82) is 0 Å². The van der Waals surface area contributed by atoms with Crippen LogP contribution >= 0.6 is 11.6 Å². The Bertz CT molecular complexity index is 1150. The zero-order valence-corrected chi connectivity index (χ0v) is 22.4. The van der Waals surface area contributed by atoms with Gasteiger partial charge in [0.25, 0.3) is 5.91 Å². The minimum Gasteiger partial charge on any atom is -0.493 e. The van der Waals surface area contributed by atoms with E-state index in [1.54, 1.807) is 12.1 Å². The molecule has 1 amide bonds. The van der Waals surface area contributed by atoms with Gasteiger partial charge in [0.2, 0.25) is 0 Å². The minimum absolute atomic E-state index is 0.0759. The molecule has 0 unspecified atom stereocenters. The summed E-state index contributed by atoms with van der Waals surface area (Å²) in [5, 5.41) is 12.0. The van der Waals surface area contributed by atoms with Crippen molar-refractivity contribution >= 4 is 23.5 Å². The highest BCUT2D eigenvalue weighted by atomic mass is 35.5. The second kappa shape index (κ2) is 14.4. The van der Waals surface area contributed by atoms with Crippen molar-refractivity contribution in [2.24, 2.45) is 0 Å². The Balaban J connectivity index is 1.31. The molecule has 0 aliphatic heterocycles. The standard InChI is InChI=1S/C31H36ClNO4/c1-22-20-27(25-13-15-28(32)16-14-25)21-23(2)30(22)37-19-7-5-3-4-6-8-24-9-11-26(12-10-24)31(36)33-18-17-29(34)35/h9-16,20-21H,3-8,17-19H2,1-2H3,(H,33,36)(H,34,35). The average molecular weight is 522 g/mol. The first-order valence-electron chi connectivity index (χ1n) is 12.9. The van der Waals surface area contributed by atoms with Crippen LogP contribution in [0.3, 0.4) is 0 Å². The van der Waals surface area contributed by atoms with Crippen LogP contribution in [-0.2, 0) is 11.2 Å². The van der Waals surface area contributed by atoms with Crippen LogP contribution < -0.4 is 10.1 Å². The Kier molecular flexibility index (Phi) is 11.0. The number of aliphatic carboxylic acids is 1. The van der Waals surface area contributed by atoms with Crippen LogP contribution in [0.25, 0.3) is 11.1 Å². The predicted octanol–water partition coefficient (Wildman–Crippen LogP) is 7.40. The van der Waals surface area contributed by atoms with E-state index in [1.807, 2.05) is 36.4 Å². The van der Waals surface area contributed by atoms with Gasteiger partial charge in [-0.15, -0.1) is 0 Å². The van der Waals surface area contributed by atoms with E-state index < -0.39 is 5.97 Å². The highest BCUT2D eigenvalue weighted by Gasteiger charge is 2.09. The summed E-state index contributed by atoms with van der Waals surface area (Å²) in [6.07, 6.45) is 6.50. The van der Waals surface area contributed by atoms with Gasteiger partial charge in [-0.2, -0.15) is 0 Å². The maximum atomic E-state index is 12.0. The van der Waals surface area contributed by atoms with E-state index in [1.165, 1.54) is 17.5 Å². The van der Waals surface area contributed by atoms with Crippen LogP contribution in [-0.4, -0.2) is 30.1 Å². The summed E-state index contributed by atoms with van der Waals surface area (Å²) in [7, 11) is 0. The Morgan fingerprint density at radius 2 is 1.46 bits per heavy atom.